The summed E-state index contributed by atoms with van der Waals surface area (Å²) in [6.45, 7) is 1.23. The van der Waals surface area contributed by atoms with Crippen LogP contribution in [0.15, 0.2) is 52.8 Å². The molecule has 0 spiro atoms. The first-order chi connectivity index (χ1) is 10.8. The Morgan fingerprint density at radius 3 is 2.65 bits per heavy atom. The number of Topliss-reactive ketones (excluding diaryl/α,β-unsaturated/α-hetero) is 1. The van der Waals surface area contributed by atoms with E-state index in [1.54, 1.807) is 0 Å². The highest BCUT2D eigenvalue weighted by molar-refractivity contribution is 8.93. The molecule has 3 nitrogen and oxygen atoms in total. The van der Waals surface area contributed by atoms with Crippen LogP contribution in [0.25, 0.3) is 0 Å². The van der Waals surface area contributed by atoms with Gasteiger partial charge in [0, 0.05) is 18.7 Å². The number of benzene rings is 1. The molecule has 0 radical (unpaired) electrons. The van der Waals surface area contributed by atoms with Gasteiger partial charge < -0.3 is 4.90 Å². The summed E-state index contributed by atoms with van der Waals surface area (Å²) in [6.07, 6.45) is 4.46. The minimum atomic E-state index is 0. The Labute approximate surface area is 151 Å². The first kappa shape index (κ1) is 17.9. The number of hydrogen-bond acceptors (Lipinski definition) is 4. The van der Waals surface area contributed by atoms with Gasteiger partial charge in [-0.15, -0.1) is 28.3 Å². The molecule has 23 heavy (non-hydrogen) atoms. The van der Waals surface area contributed by atoms with Crippen LogP contribution < -0.4 is 4.90 Å². The fourth-order valence-corrected chi connectivity index (χ4v) is 3.33. The van der Waals surface area contributed by atoms with Crippen molar-refractivity contribution in [3.8, 4) is 0 Å². The van der Waals surface area contributed by atoms with E-state index < -0.39 is 0 Å². The molecule has 2 aromatic rings. The summed E-state index contributed by atoms with van der Waals surface area (Å²) in [7, 11) is 0. The van der Waals surface area contributed by atoms with Gasteiger partial charge in [0.2, 0.25) is 0 Å². The molecule has 0 saturated carbocycles. The number of halogens is 1. The topological polar surface area (TPSA) is 32.7 Å². The number of anilines is 1. The number of aliphatic imine (C=N–C) groups is 1. The zero-order chi connectivity index (χ0) is 15.2. The van der Waals surface area contributed by atoms with Gasteiger partial charge in [0.15, 0.2) is 5.78 Å². The van der Waals surface area contributed by atoms with Gasteiger partial charge >= 0.3 is 0 Å². The third kappa shape index (κ3) is 4.75. The summed E-state index contributed by atoms with van der Waals surface area (Å²) in [5, 5.41) is 1.95. The number of carbonyl (C=O) groups excluding carboxylic acids is 1. The van der Waals surface area contributed by atoms with Crippen molar-refractivity contribution in [1.29, 1.82) is 0 Å². The molecular formula is C18H21BrN2OS. The summed E-state index contributed by atoms with van der Waals surface area (Å²) in [4.78, 5) is 20.2. The zero-order valence-electron chi connectivity index (χ0n) is 13.0. The number of para-hydroxylation sites is 1. The summed E-state index contributed by atoms with van der Waals surface area (Å²) in [5.41, 5.74) is 1.05. The van der Waals surface area contributed by atoms with Crippen molar-refractivity contribution in [3.05, 3.63) is 52.7 Å². The maximum Gasteiger partial charge on any atom is 0.192 e. The number of ketones is 1. The van der Waals surface area contributed by atoms with Gasteiger partial charge in [0.1, 0.15) is 5.84 Å². The molecule has 5 heteroatoms. The molecule has 1 aliphatic heterocycles. The van der Waals surface area contributed by atoms with Crippen LogP contribution >= 0.6 is 28.3 Å². The van der Waals surface area contributed by atoms with Gasteiger partial charge in [0.25, 0.3) is 0 Å². The van der Waals surface area contributed by atoms with Crippen molar-refractivity contribution in [2.75, 3.05) is 18.0 Å². The van der Waals surface area contributed by atoms with Crippen molar-refractivity contribution < 1.29 is 4.79 Å². The fraction of sp³-hybridized carbons (Fsp3) is 0.333. The minimum Gasteiger partial charge on any atom is -0.322 e. The van der Waals surface area contributed by atoms with Gasteiger partial charge in [-0.1, -0.05) is 30.7 Å². The van der Waals surface area contributed by atoms with Crippen molar-refractivity contribution >= 4 is 45.6 Å². The Balaban J connectivity index is 0.00000192. The first-order valence-corrected chi connectivity index (χ1v) is 8.65. The van der Waals surface area contributed by atoms with Gasteiger partial charge in [-0.2, -0.15) is 0 Å². The van der Waals surface area contributed by atoms with Crippen LogP contribution in [0.3, 0.4) is 0 Å². The summed E-state index contributed by atoms with van der Waals surface area (Å²) in [5.74, 6) is 1.21. The highest BCUT2D eigenvalue weighted by Crippen LogP contribution is 2.20. The average molecular weight is 393 g/mol. The number of nitrogens with zero attached hydrogens (tertiary/aromatic N) is 2. The van der Waals surface area contributed by atoms with Crippen LogP contribution in [-0.4, -0.2) is 24.7 Å². The number of thiophene rings is 1. The molecule has 122 valence electrons. The molecule has 1 aromatic carbocycles. The van der Waals surface area contributed by atoms with E-state index in [0.29, 0.717) is 6.54 Å². The number of rotatable bonds is 4. The quantitative estimate of drug-likeness (QED) is 0.686. The van der Waals surface area contributed by atoms with Gasteiger partial charge in [0.05, 0.1) is 11.4 Å². The minimum absolute atomic E-state index is 0. The van der Waals surface area contributed by atoms with E-state index in [2.05, 4.69) is 17.0 Å². The Bertz CT molecular complexity index is 640. The largest absolute Gasteiger partial charge is 0.322 e. The lowest BCUT2D eigenvalue weighted by Crippen LogP contribution is -2.35. The molecule has 0 bridgehead atoms. The lowest BCUT2D eigenvalue weighted by molar-refractivity contribution is 0.101. The van der Waals surface area contributed by atoms with E-state index in [1.807, 2.05) is 35.7 Å². The predicted octanol–water partition coefficient (Wildman–Crippen LogP) is 4.99. The second-order valence-electron chi connectivity index (χ2n) is 5.43. The molecule has 0 atom stereocenters. The Morgan fingerprint density at radius 2 is 1.91 bits per heavy atom. The van der Waals surface area contributed by atoms with E-state index in [-0.39, 0.29) is 22.8 Å². The molecule has 0 fully saturated rings. The molecule has 0 aliphatic carbocycles. The SMILES string of the molecule is Br.O=C(CN(C1=NCCCCC1)c1ccccc1)c1cccs1. The third-order valence-electron chi connectivity index (χ3n) is 3.83. The maximum absolute atomic E-state index is 12.5. The van der Waals surface area contributed by atoms with Crippen molar-refractivity contribution in [2.45, 2.75) is 25.7 Å². The Kier molecular flexibility index (Phi) is 6.99. The van der Waals surface area contributed by atoms with Crippen molar-refractivity contribution in [3.63, 3.8) is 0 Å². The smallest absolute Gasteiger partial charge is 0.192 e. The second-order valence-corrected chi connectivity index (χ2v) is 6.38. The van der Waals surface area contributed by atoms with Crippen LogP contribution in [-0.2, 0) is 0 Å². The van der Waals surface area contributed by atoms with E-state index in [9.17, 15) is 4.79 Å². The van der Waals surface area contributed by atoms with Crippen LogP contribution in [0, 0.1) is 0 Å². The first-order valence-electron chi connectivity index (χ1n) is 7.77. The molecule has 0 unspecified atom stereocenters. The van der Waals surface area contributed by atoms with Crippen LogP contribution in [0.2, 0.25) is 0 Å². The number of hydrogen-bond donors (Lipinski definition) is 0. The summed E-state index contributed by atoms with van der Waals surface area (Å²) >= 11 is 1.50. The molecule has 0 saturated heterocycles. The van der Waals surface area contributed by atoms with E-state index >= 15 is 0 Å². The van der Waals surface area contributed by atoms with Crippen LogP contribution in [0.4, 0.5) is 5.69 Å². The van der Waals surface area contributed by atoms with Crippen molar-refractivity contribution in [1.82, 2.24) is 0 Å². The maximum atomic E-state index is 12.5. The molecular weight excluding hydrogens is 372 g/mol. The van der Waals surface area contributed by atoms with Crippen LogP contribution in [0.5, 0.6) is 0 Å². The summed E-state index contributed by atoms with van der Waals surface area (Å²) < 4.78 is 0. The lowest BCUT2D eigenvalue weighted by Gasteiger charge is -2.25. The number of carbonyl (C=O) groups is 1. The lowest BCUT2D eigenvalue weighted by atomic mass is 10.1. The average Bonchev–Trinajstić information content (AvgIpc) is 2.97. The van der Waals surface area contributed by atoms with Gasteiger partial charge in [-0.05, 0) is 36.4 Å². The zero-order valence-corrected chi connectivity index (χ0v) is 15.5. The van der Waals surface area contributed by atoms with Gasteiger partial charge in [-0.25, -0.2) is 0 Å². The van der Waals surface area contributed by atoms with Gasteiger partial charge in [-0.3, -0.25) is 9.79 Å². The molecule has 3 rings (SSSR count). The molecule has 0 N–H and O–H groups in total. The monoisotopic (exact) mass is 392 g/mol. The highest BCUT2D eigenvalue weighted by atomic mass is 79.9. The summed E-state index contributed by atoms with van der Waals surface area (Å²) in [6, 6.07) is 13.9. The van der Waals surface area contributed by atoms with Crippen LogP contribution in [0.1, 0.15) is 35.4 Å². The van der Waals surface area contributed by atoms with E-state index in [1.165, 1.54) is 17.8 Å². The van der Waals surface area contributed by atoms with E-state index in [0.717, 1.165) is 42.2 Å². The Hall–Kier alpha value is -1.46. The third-order valence-corrected chi connectivity index (χ3v) is 4.74. The van der Waals surface area contributed by atoms with E-state index in [4.69, 9.17) is 4.99 Å². The second kappa shape index (κ2) is 8.99. The highest BCUT2D eigenvalue weighted by Gasteiger charge is 2.19. The molecule has 1 aliphatic rings. The molecule has 1 aromatic heterocycles. The Morgan fingerprint density at radius 1 is 1.09 bits per heavy atom. The fourth-order valence-electron chi connectivity index (χ4n) is 2.68. The van der Waals surface area contributed by atoms with Crippen molar-refractivity contribution in [2.24, 2.45) is 4.99 Å². The normalized spacial score (nSPS) is 14.3. The molecule has 0 amide bonds. The molecule has 2 heterocycles. The predicted molar refractivity (Wildman–Crippen MR) is 104 cm³/mol. The standard InChI is InChI=1S/C18H20N2OS.BrH/c21-16(17-10-7-13-22-17)14-20(15-8-3-1-4-9-15)18-11-5-2-6-12-19-18;/h1,3-4,7-10,13H,2,5-6,11-12,14H2;1H. The number of amidine groups is 1.